The summed E-state index contributed by atoms with van der Waals surface area (Å²) in [7, 11) is 0. The zero-order valence-electron chi connectivity index (χ0n) is 24.8. The first-order valence-corrected chi connectivity index (χ1v) is 14.3. The average Bonchev–Trinajstić information content (AvgIpc) is 2.92. The fourth-order valence-corrected chi connectivity index (χ4v) is 5.89. The van der Waals surface area contributed by atoms with Crippen molar-refractivity contribution >= 4 is 27.3 Å². The third kappa shape index (κ3) is 5.92. The average molecular weight is 714 g/mol. The number of ketones is 1. The first kappa shape index (κ1) is 31.6. The Morgan fingerprint density at radius 2 is 1.65 bits per heavy atom. The van der Waals surface area contributed by atoms with E-state index in [1.165, 1.54) is 38.9 Å². The van der Waals surface area contributed by atoms with Crippen molar-refractivity contribution < 1.29 is 30.0 Å². The number of hydrogen-bond acceptors (Lipinski definition) is 4. The second-order valence-corrected chi connectivity index (χ2v) is 11.2. The van der Waals surface area contributed by atoms with Crippen LogP contribution in [0.3, 0.4) is 0 Å². The van der Waals surface area contributed by atoms with E-state index in [2.05, 4.69) is 56.1 Å². The molecule has 2 aromatic carbocycles. The Hall–Kier alpha value is -2.88. The normalized spacial score (nSPS) is 13.6. The van der Waals surface area contributed by atoms with Crippen molar-refractivity contribution in [3.05, 3.63) is 83.5 Å². The topological polar surface area (TPSA) is 63.1 Å². The number of hydrogen-bond donors (Lipinski definition) is 1. The third-order valence-corrected chi connectivity index (χ3v) is 8.38. The van der Waals surface area contributed by atoms with Crippen molar-refractivity contribution in [2.45, 2.75) is 79.6 Å². The van der Waals surface area contributed by atoms with Gasteiger partial charge in [0.05, 0.1) is 5.76 Å². The summed E-state index contributed by atoms with van der Waals surface area (Å²) in [5.41, 5.74) is 5.82. The fourth-order valence-electron chi connectivity index (χ4n) is 5.89. The van der Waals surface area contributed by atoms with E-state index in [1.54, 1.807) is 0 Å². The van der Waals surface area contributed by atoms with E-state index in [0.29, 0.717) is 0 Å². The molecule has 0 aliphatic heterocycles. The Morgan fingerprint density at radius 3 is 2.30 bits per heavy atom. The van der Waals surface area contributed by atoms with Crippen molar-refractivity contribution in [3.8, 4) is 11.3 Å². The van der Waals surface area contributed by atoms with E-state index >= 15 is 0 Å². The summed E-state index contributed by atoms with van der Waals surface area (Å²) in [5, 5.41) is 14.6. The molecule has 1 aliphatic carbocycles. The molecule has 0 atom stereocenters. The van der Waals surface area contributed by atoms with Crippen LogP contribution in [0, 0.1) is 24.8 Å². The molecule has 1 N–H and O–H groups in total. The monoisotopic (exact) mass is 714 g/mol. The molecule has 0 fully saturated rings. The van der Waals surface area contributed by atoms with E-state index in [-0.39, 0.29) is 48.9 Å². The zero-order valence-corrected chi connectivity index (χ0v) is 27.2. The summed E-state index contributed by atoms with van der Waals surface area (Å²) in [6, 6.07) is 14.1. The van der Waals surface area contributed by atoms with Crippen LogP contribution in [0.2, 0.25) is 0 Å². The number of aliphatic hydroxyl groups is 1. The van der Waals surface area contributed by atoms with Crippen molar-refractivity contribution in [1.29, 1.82) is 0 Å². The molecule has 4 nitrogen and oxygen atoms in total. The Bertz CT molecular complexity index is 1530. The minimum Gasteiger partial charge on any atom is -0.512 e. The molecular formula is C35H41IrN2O2-. The van der Waals surface area contributed by atoms with Gasteiger partial charge in [0.15, 0.2) is 5.78 Å². The van der Waals surface area contributed by atoms with Gasteiger partial charge >= 0.3 is 0 Å². The van der Waals surface area contributed by atoms with Crippen LogP contribution < -0.4 is 0 Å². The van der Waals surface area contributed by atoms with Gasteiger partial charge in [-0.1, -0.05) is 81.6 Å². The van der Waals surface area contributed by atoms with Crippen LogP contribution in [0.1, 0.15) is 83.9 Å². The summed E-state index contributed by atoms with van der Waals surface area (Å²) in [6.07, 6.45) is 10.8. The van der Waals surface area contributed by atoms with Gasteiger partial charge in [-0.05, 0) is 54.6 Å². The number of pyridine rings is 2. The first-order chi connectivity index (χ1) is 18.7. The van der Waals surface area contributed by atoms with Gasteiger partial charge in [0.2, 0.25) is 0 Å². The molecule has 5 rings (SSSR count). The molecule has 0 saturated carbocycles. The van der Waals surface area contributed by atoms with E-state index in [1.807, 2.05) is 52.4 Å². The number of allylic oxidation sites excluding steroid dienone is 2. The number of carbonyl (C=O) groups excluding carboxylic acids is 1. The summed E-state index contributed by atoms with van der Waals surface area (Å²) in [6.45, 7) is 14.8. The van der Waals surface area contributed by atoms with Crippen LogP contribution in [0.5, 0.6) is 0 Å². The maximum atomic E-state index is 11.7. The van der Waals surface area contributed by atoms with Crippen LogP contribution in [0.4, 0.5) is 0 Å². The smallest absolute Gasteiger partial charge is 0.162 e. The van der Waals surface area contributed by atoms with Crippen LogP contribution in [-0.4, -0.2) is 20.9 Å². The molecule has 4 aromatic rings. The van der Waals surface area contributed by atoms with Crippen molar-refractivity contribution in [3.63, 3.8) is 0 Å². The fraction of sp³-hybridized carbons (Fsp3) is 0.400. The van der Waals surface area contributed by atoms with Crippen LogP contribution in [0.25, 0.3) is 32.8 Å². The number of benzene rings is 2. The number of aromatic nitrogens is 2. The summed E-state index contributed by atoms with van der Waals surface area (Å²) in [5.74, 6) is 0.547. The zero-order chi connectivity index (χ0) is 28.3. The molecule has 5 heteroatoms. The number of fused-ring (bicyclic) bond motifs is 4. The molecule has 2 aromatic heterocycles. The van der Waals surface area contributed by atoms with Crippen LogP contribution >= 0.6 is 0 Å². The Balaban J connectivity index is 0.000000243. The predicted molar refractivity (Wildman–Crippen MR) is 162 cm³/mol. The second-order valence-electron chi connectivity index (χ2n) is 11.2. The van der Waals surface area contributed by atoms with E-state index < -0.39 is 0 Å². The van der Waals surface area contributed by atoms with E-state index in [0.717, 1.165) is 42.3 Å². The molecule has 0 saturated heterocycles. The number of nitrogens with zero attached hydrogens (tertiary/aromatic N) is 2. The maximum Gasteiger partial charge on any atom is 0.162 e. The molecule has 40 heavy (non-hydrogen) atoms. The molecule has 2 heterocycles. The van der Waals surface area contributed by atoms with Gasteiger partial charge in [0.1, 0.15) is 0 Å². The summed E-state index contributed by atoms with van der Waals surface area (Å²) >= 11 is 0. The molecular weight excluding hydrogens is 673 g/mol. The maximum absolute atomic E-state index is 11.7. The van der Waals surface area contributed by atoms with E-state index in [9.17, 15) is 9.90 Å². The Morgan fingerprint density at radius 1 is 0.975 bits per heavy atom. The van der Waals surface area contributed by atoms with Crippen molar-refractivity contribution in [2.24, 2.45) is 11.8 Å². The standard InChI is InChI=1S/C22H17N2.C13H24O2.Ir/c1-13-7-8-14-11-24-21-16-6-4-5-15-10-23-12-18(19(15)16)22(2,3)20(21)17(14)9-13;1-5-10(6-2)12(14)9-13(15)11(7-3)8-4;/h4-5,7-12H,1-3H3;9-11,14H,5-8H2,1-4H3;/q-1;;/b;12-9-;. The molecule has 0 bridgehead atoms. The summed E-state index contributed by atoms with van der Waals surface area (Å²) in [4.78, 5) is 21.1. The minimum absolute atomic E-state index is 0. The third-order valence-electron chi connectivity index (χ3n) is 8.38. The molecule has 1 radical (unpaired) electrons. The van der Waals surface area contributed by atoms with Crippen molar-refractivity contribution in [2.75, 3.05) is 0 Å². The quantitative estimate of drug-likeness (QED) is 0.118. The SMILES string of the molecule is CCC(CC)C(=O)/C=C(\O)C(CC)CC.Cc1ccc2cnc3c(c2c1)C(C)(C)c1cncc2cc[c-]c-3c12.[Ir]. The first-order valence-electron chi connectivity index (χ1n) is 14.3. The second kappa shape index (κ2) is 13.2. The predicted octanol–water partition coefficient (Wildman–Crippen LogP) is 9.07. The minimum atomic E-state index is -0.148. The molecule has 0 amide bonds. The number of rotatable bonds is 7. The van der Waals surface area contributed by atoms with Gasteiger partial charge in [-0.15, -0.1) is 23.8 Å². The van der Waals surface area contributed by atoms with E-state index in [4.69, 9.17) is 4.98 Å². The van der Waals surface area contributed by atoms with Gasteiger partial charge in [0, 0.05) is 62.0 Å². The van der Waals surface area contributed by atoms with Gasteiger partial charge in [0.25, 0.3) is 0 Å². The van der Waals surface area contributed by atoms with Gasteiger partial charge in [-0.25, -0.2) is 0 Å². The van der Waals surface area contributed by atoms with Gasteiger partial charge in [-0.2, -0.15) is 0 Å². The summed E-state index contributed by atoms with van der Waals surface area (Å²) < 4.78 is 0. The number of aryl methyl sites for hydroxylation is 1. The van der Waals surface area contributed by atoms with Crippen molar-refractivity contribution in [1.82, 2.24) is 9.97 Å². The number of carbonyl (C=O) groups is 1. The largest absolute Gasteiger partial charge is 0.512 e. The molecule has 0 unspecified atom stereocenters. The molecule has 213 valence electrons. The van der Waals surface area contributed by atoms with Gasteiger partial charge in [-0.3, -0.25) is 9.78 Å². The van der Waals surface area contributed by atoms with Crippen LogP contribution in [-0.2, 0) is 30.3 Å². The Labute approximate surface area is 252 Å². The Kier molecular flexibility index (Phi) is 10.4. The molecule has 0 spiro atoms. The van der Waals surface area contributed by atoms with Crippen LogP contribution in [0.15, 0.2) is 60.8 Å². The van der Waals surface area contributed by atoms with Gasteiger partial charge < -0.3 is 10.1 Å². The molecule has 1 aliphatic rings. The number of aliphatic hydroxyl groups excluding tert-OH is 1.